The largest absolute Gasteiger partial charge is 0.278 e. The molecule has 0 aromatic rings. The minimum atomic E-state index is -0.366. The maximum absolute atomic E-state index is 10.2. The van der Waals surface area contributed by atoms with Gasteiger partial charge in [-0.2, -0.15) is 0 Å². The Morgan fingerprint density at radius 2 is 2.25 bits per heavy atom. The highest BCUT2D eigenvalue weighted by molar-refractivity contribution is 7.78. The van der Waals surface area contributed by atoms with Crippen molar-refractivity contribution in [2.24, 2.45) is 0 Å². The SMILES string of the molecule is CC(=O)N(C=O)C=S. The number of hydrogen-bond acceptors (Lipinski definition) is 3. The van der Waals surface area contributed by atoms with Crippen molar-refractivity contribution < 1.29 is 9.59 Å². The summed E-state index contributed by atoms with van der Waals surface area (Å²) in [4.78, 5) is 20.8. The Bertz CT molecular complexity index is 115. The van der Waals surface area contributed by atoms with Crippen LogP contribution in [0.5, 0.6) is 0 Å². The number of nitrogens with zero attached hydrogens (tertiary/aromatic N) is 1. The van der Waals surface area contributed by atoms with Crippen molar-refractivity contribution in [1.82, 2.24) is 4.90 Å². The van der Waals surface area contributed by atoms with Crippen LogP contribution < -0.4 is 0 Å². The smallest absolute Gasteiger partial charge is 0.230 e. The molecule has 8 heavy (non-hydrogen) atoms. The highest BCUT2D eigenvalue weighted by Gasteiger charge is 1.98. The number of imide groups is 1. The fourth-order valence-corrected chi connectivity index (χ4v) is 0.371. The zero-order valence-corrected chi connectivity index (χ0v) is 5.14. The second-order valence-electron chi connectivity index (χ2n) is 1.14. The summed E-state index contributed by atoms with van der Waals surface area (Å²) < 4.78 is 0. The van der Waals surface area contributed by atoms with Crippen molar-refractivity contribution in [3.8, 4) is 0 Å². The van der Waals surface area contributed by atoms with E-state index in [-0.39, 0.29) is 5.91 Å². The zero-order valence-electron chi connectivity index (χ0n) is 4.33. The standard InChI is InChI=1S/C4H5NO2S/c1-4(7)5(2-6)3-8/h2-3H,1H3. The number of rotatable bonds is 2. The van der Waals surface area contributed by atoms with Gasteiger partial charge in [0, 0.05) is 6.92 Å². The second-order valence-corrected chi connectivity index (χ2v) is 1.35. The van der Waals surface area contributed by atoms with E-state index < -0.39 is 0 Å². The summed E-state index contributed by atoms with van der Waals surface area (Å²) >= 11 is 4.30. The summed E-state index contributed by atoms with van der Waals surface area (Å²) in [5.74, 6) is -0.366. The van der Waals surface area contributed by atoms with Crippen LogP contribution in [0.15, 0.2) is 0 Å². The van der Waals surface area contributed by atoms with Gasteiger partial charge in [0.1, 0.15) is 0 Å². The van der Waals surface area contributed by atoms with Crippen molar-refractivity contribution in [3.05, 3.63) is 0 Å². The minimum Gasteiger partial charge on any atom is -0.278 e. The molecule has 0 aliphatic heterocycles. The number of amides is 2. The molecule has 3 nitrogen and oxygen atoms in total. The Hall–Kier alpha value is -0.770. The van der Waals surface area contributed by atoms with Crippen LogP contribution in [-0.2, 0) is 9.59 Å². The Kier molecular flexibility index (Phi) is 2.95. The molecule has 0 unspecified atom stereocenters. The Morgan fingerprint density at radius 3 is 2.25 bits per heavy atom. The first kappa shape index (κ1) is 7.23. The molecule has 0 spiro atoms. The molecule has 0 aromatic heterocycles. The summed E-state index contributed by atoms with van der Waals surface area (Å²) in [6, 6.07) is 0. The number of thiocarbonyl (C=S) groups is 1. The fraction of sp³-hybridized carbons (Fsp3) is 0.250. The van der Waals surface area contributed by atoms with Gasteiger partial charge in [0.15, 0.2) is 0 Å². The lowest BCUT2D eigenvalue weighted by molar-refractivity contribution is -0.131. The summed E-state index contributed by atoms with van der Waals surface area (Å²) in [6.07, 6.45) is 0.370. The third kappa shape index (κ3) is 1.79. The Morgan fingerprint density at radius 1 is 1.75 bits per heavy atom. The third-order valence-electron chi connectivity index (χ3n) is 0.591. The van der Waals surface area contributed by atoms with E-state index in [4.69, 9.17) is 0 Å². The lowest BCUT2D eigenvalue weighted by Gasteiger charge is -2.00. The maximum atomic E-state index is 10.2. The van der Waals surface area contributed by atoms with Crippen molar-refractivity contribution in [2.75, 3.05) is 0 Å². The number of hydrogen-bond donors (Lipinski definition) is 0. The highest BCUT2D eigenvalue weighted by atomic mass is 32.1. The Balaban J connectivity index is 3.88. The van der Waals surface area contributed by atoms with E-state index in [0.717, 1.165) is 10.4 Å². The third-order valence-corrected chi connectivity index (χ3v) is 0.818. The second kappa shape index (κ2) is 3.26. The fourth-order valence-electron chi connectivity index (χ4n) is 0.173. The molecule has 0 atom stereocenters. The van der Waals surface area contributed by atoms with Crippen LogP contribution in [0.3, 0.4) is 0 Å². The van der Waals surface area contributed by atoms with Crippen molar-refractivity contribution in [3.63, 3.8) is 0 Å². The van der Waals surface area contributed by atoms with Crippen molar-refractivity contribution in [2.45, 2.75) is 6.92 Å². The van der Waals surface area contributed by atoms with Crippen LogP contribution in [0, 0.1) is 0 Å². The van der Waals surface area contributed by atoms with Crippen molar-refractivity contribution in [1.29, 1.82) is 0 Å². The van der Waals surface area contributed by atoms with Crippen LogP contribution in [0.4, 0.5) is 0 Å². The molecule has 2 amide bonds. The van der Waals surface area contributed by atoms with Crippen LogP contribution in [0.25, 0.3) is 0 Å². The van der Waals surface area contributed by atoms with Crippen LogP contribution in [0.1, 0.15) is 6.92 Å². The van der Waals surface area contributed by atoms with Crippen LogP contribution >= 0.6 is 12.2 Å². The monoisotopic (exact) mass is 131 g/mol. The average molecular weight is 131 g/mol. The molecule has 44 valence electrons. The first-order chi connectivity index (χ1) is 3.72. The van der Waals surface area contributed by atoms with Gasteiger partial charge in [0.2, 0.25) is 12.3 Å². The average Bonchev–Trinajstić information content (AvgIpc) is 1.69. The maximum Gasteiger partial charge on any atom is 0.230 e. The van der Waals surface area contributed by atoms with Gasteiger partial charge in [-0.3, -0.25) is 14.5 Å². The molecule has 0 radical (unpaired) electrons. The van der Waals surface area contributed by atoms with E-state index in [9.17, 15) is 9.59 Å². The molecule has 0 aliphatic rings. The lowest BCUT2D eigenvalue weighted by Crippen LogP contribution is -2.23. The molecule has 0 N–H and O–H groups in total. The summed E-state index contributed by atoms with van der Waals surface area (Å²) in [5, 5.41) is 0. The molecule has 0 saturated heterocycles. The van der Waals surface area contributed by atoms with E-state index in [1.165, 1.54) is 6.92 Å². The Labute approximate surface area is 52.3 Å². The topological polar surface area (TPSA) is 37.4 Å². The van der Waals surface area contributed by atoms with Gasteiger partial charge in [0.05, 0.1) is 5.49 Å². The quantitative estimate of drug-likeness (QED) is 0.389. The first-order valence-electron chi connectivity index (χ1n) is 1.92. The molecule has 0 aromatic carbocycles. The van der Waals surface area contributed by atoms with Gasteiger partial charge >= 0.3 is 0 Å². The normalized spacial score (nSPS) is 7.62. The predicted octanol–water partition coefficient (Wildman–Crippen LogP) is -0.0515. The molecule has 0 aliphatic carbocycles. The molecule has 0 saturated carbocycles. The van der Waals surface area contributed by atoms with E-state index in [2.05, 4.69) is 12.2 Å². The van der Waals surface area contributed by atoms with Gasteiger partial charge in [-0.25, -0.2) is 0 Å². The first-order valence-corrected chi connectivity index (χ1v) is 2.39. The van der Waals surface area contributed by atoms with E-state index in [1.807, 2.05) is 0 Å². The van der Waals surface area contributed by atoms with E-state index in [0.29, 0.717) is 6.41 Å². The van der Waals surface area contributed by atoms with E-state index in [1.54, 1.807) is 0 Å². The predicted molar refractivity (Wildman–Crippen MR) is 32.2 cm³/mol. The van der Waals surface area contributed by atoms with Crippen LogP contribution in [0.2, 0.25) is 0 Å². The molecule has 0 fully saturated rings. The molecular weight excluding hydrogens is 126 g/mol. The highest BCUT2D eigenvalue weighted by Crippen LogP contribution is 1.76. The van der Waals surface area contributed by atoms with Gasteiger partial charge in [-0.15, -0.1) is 0 Å². The lowest BCUT2D eigenvalue weighted by atomic mass is 10.6. The van der Waals surface area contributed by atoms with E-state index >= 15 is 0 Å². The van der Waals surface area contributed by atoms with Crippen molar-refractivity contribution >= 4 is 30.0 Å². The zero-order chi connectivity index (χ0) is 6.57. The molecule has 0 heterocycles. The van der Waals surface area contributed by atoms with Gasteiger partial charge in [-0.1, -0.05) is 12.2 Å². The molecule has 0 bridgehead atoms. The van der Waals surface area contributed by atoms with Crippen LogP contribution in [-0.4, -0.2) is 22.7 Å². The minimum absolute atomic E-state index is 0.366. The summed E-state index contributed by atoms with van der Waals surface area (Å²) in [7, 11) is 0. The molecular formula is C4H5NO2S. The molecule has 4 heteroatoms. The molecule has 0 rings (SSSR count). The number of carbonyl (C=O) groups is 2. The summed E-state index contributed by atoms with van der Waals surface area (Å²) in [5.41, 5.74) is 0.995. The van der Waals surface area contributed by atoms with Gasteiger partial charge in [0.25, 0.3) is 0 Å². The number of carbonyl (C=O) groups excluding carboxylic acids is 2. The summed E-state index contributed by atoms with van der Waals surface area (Å²) in [6.45, 7) is 1.26. The van der Waals surface area contributed by atoms with Gasteiger partial charge < -0.3 is 0 Å². The van der Waals surface area contributed by atoms with Gasteiger partial charge in [-0.05, 0) is 0 Å².